The van der Waals surface area contributed by atoms with Crippen molar-refractivity contribution < 1.29 is 0 Å². The first-order valence-electron chi connectivity index (χ1n) is 5.85. The highest BCUT2D eigenvalue weighted by molar-refractivity contribution is 9.10. The van der Waals surface area contributed by atoms with E-state index in [2.05, 4.69) is 41.7 Å². The van der Waals surface area contributed by atoms with E-state index in [1.54, 1.807) is 0 Å². The zero-order valence-corrected chi connectivity index (χ0v) is 11.7. The van der Waals surface area contributed by atoms with Crippen LogP contribution in [0.25, 0.3) is 0 Å². The van der Waals surface area contributed by atoms with Crippen LogP contribution in [-0.2, 0) is 6.42 Å². The molecule has 1 aromatic rings. The smallest absolute Gasteiger partial charge is 0.106 e. The molecule has 0 aliphatic heterocycles. The Morgan fingerprint density at radius 2 is 1.73 bits per heavy atom. The minimum absolute atomic E-state index is 0.918. The van der Waals surface area contributed by atoms with E-state index in [0.717, 1.165) is 11.0 Å². The van der Waals surface area contributed by atoms with Crippen molar-refractivity contribution in [3.8, 4) is 0 Å². The molecule has 0 N–H and O–H groups in total. The summed E-state index contributed by atoms with van der Waals surface area (Å²) < 4.78 is 0.918. The van der Waals surface area contributed by atoms with Crippen molar-refractivity contribution in [2.75, 3.05) is 0 Å². The lowest BCUT2D eigenvalue weighted by Crippen LogP contribution is -1.80. The molecule has 0 radical (unpaired) electrons. The lowest BCUT2D eigenvalue weighted by Gasteiger charge is -1.93. The Morgan fingerprint density at radius 3 is 2.07 bits per heavy atom. The molecule has 0 amide bonds. The highest BCUT2D eigenvalue weighted by Gasteiger charge is 1.88. The van der Waals surface area contributed by atoms with Crippen LogP contribution in [0, 0.1) is 0 Å². The summed E-state index contributed by atoms with van der Waals surface area (Å²) in [5, 5.41) is 0. The summed E-state index contributed by atoms with van der Waals surface area (Å²) in [6, 6.07) is 4.05. The number of halogens is 1. The molecule has 0 saturated heterocycles. The van der Waals surface area contributed by atoms with E-state index in [1.165, 1.54) is 31.2 Å². The molecule has 1 nitrogen and oxygen atoms in total. The topological polar surface area (TPSA) is 12.9 Å². The molecule has 0 aromatic carbocycles. The highest BCUT2D eigenvalue weighted by Crippen LogP contribution is 2.07. The zero-order chi connectivity index (χ0) is 11.5. The highest BCUT2D eigenvalue weighted by atomic mass is 79.9. The van der Waals surface area contributed by atoms with E-state index in [1.807, 2.05) is 18.3 Å². The third-order valence-electron chi connectivity index (χ3n) is 2.16. The van der Waals surface area contributed by atoms with Crippen molar-refractivity contribution in [3.63, 3.8) is 0 Å². The first-order valence-corrected chi connectivity index (χ1v) is 6.64. The number of aromatic nitrogens is 1. The van der Waals surface area contributed by atoms with Gasteiger partial charge in [-0.15, -0.1) is 0 Å². The Hall–Kier alpha value is -0.370. The Kier molecular flexibility index (Phi) is 9.91. The molecular formula is C13H22BrN. The van der Waals surface area contributed by atoms with Crippen molar-refractivity contribution in [2.24, 2.45) is 0 Å². The monoisotopic (exact) mass is 271 g/mol. The predicted molar refractivity (Wildman–Crippen MR) is 71.1 cm³/mol. The van der Waals surface area contributed by atoms with Crippen LogP contribution in [0.2, 0.25) is 0 Å². The molecule has 1 aromatic heterocycles. The molecule has 1 rings (SSSR count). The Bertz CT molecular complexity index is 244. The van der Waals surface area contributed by atoms with Crippen LogP contribution in [0.3, 0.4) is 0 Å². The molecule has 15 heavy (non-hydrogen) atoms. The number of hydrogen-bond acceptors (Lipinski definition) is 1. The Labute approximate surface area is 102 Å². The van der Waals surface area contributed by atoms with Crippen LogP contribution in [0.1, 0.15) is 52.0 Å². The number of unbranched alkanes of at least 4 members (excludes halogenated alkanes) is 3. The second-order valence-electron chi connectivity index (χ2n) is 3.55. The first kappa shape index (κ1) is 14.6. The number of pyridine rings is 1. The van der Waals surface area contributed by atoms with Gasteiger partial charge in [0.05, 0.1) is 0 Å². The van der Waals surface area contributed by atoms with Gasteiger partial charge >= 0.3 is 0 Å². The number of nitrogens with zero attached hydrogens (tertiary/aromatic N) is 1. The van der Waals surface area contributed by atoms with Crippen LogP contribution in [0.15, 0.2) is 22.9 Å². The van der Waals surface area contributed by atoms with E-state index in [4.69, 9.17) is 0 Å². The largest absolute Gasteiger partial charge is 0.249 e. The van der Waals surface area contributed by atoms with Gasteiger partial charge in [-0.25, -0.2) is 4.98 Å². The fourth-order valence-corrected chi connectivity index (χ4v) is 1.57. The van der Waals surface area contributed by atoms with E-state index < -0.39 is 0 Å². The third-order valence-corrected chi connectivity index (χ3v) is 2.59. The molecule has 0 bridgehead atoms. The quantitative estimate of drug-likeness (QED) is 0.555. The summed E-state index contributed by atoms with van der Waals surface area (Å²) in [6.07, 6.45) is 8.42. The average Bonchev–Trinajstić information content (AvgIpc) is 2.27. The summed E-state index contributed by atoms with van der Waals surface area (Å²) in [4.78, 5) is 4.00. The second kappa shape index (κ2) is 10.2. The van der Waals surface area contributed by atoms with Crippen molar-refractivity contribution in [1.82, 2.24) is 4.98 Å². The van der Waals surface area contributed by atoms with Gasteiger partial charge in [0, 0.05) is 6.20 Å². The van der Waals surface area contributed by atoms with Gasteiger partial charge in [-0.2, -0.15) is 0 Å². The van der Waals surface area contributed by atoms with Gasteiger partial charge in [0.1, 0.15) is 4.60 Å². The number of aryl methyl sites for hydroxylation is 1. The van der Waals surface area contributed by atoms with Gasteiger partial charge in [0.25, 0.3) is 0 Å². The van der Waals surface area contributed by atoms with Crippen LogP contribution < -0.4 is 0 Å². The van der Waals surface area contributed by atoms with E-state index in [9.17, 15) is 0 Å². The summed E-state index contributed by atoms with van der Waals surface area (Å²) in [7, 11) is 0. The lowest BCUT2D eigenvalue weighted by molar-refractivity contribution is 0.702. The standard InChI is InChI=1S/C7H8BrN.C6H14/c1-2-6-3-4-9-7(8)5-6;1-3-5-6-4-2/h3-5H,2H2,1H3;3-6H2,1-2H3. The fraction of sp³-hybridized carbons (Fsp3) is 0.615. The van der Waals surface area contributed by atoms with Crippen molar-refractivity contribution >= 4 is 15.9 Å². The van der Waals surface area contributed by atoms with Crippen LogP contribution in [0.5, 0.6) is 0 Å². The van der Waals surface area contributed by atoms with Crippen molar-refractivity contribution in [2.45, 2.75) is 52.9 Å². The van der Waals surface area contributed by atoms with Gasteiger partial charge in [-0.3, -0.25) is 0 Å². The van der Waals surface area contributed by atoms with Gasteiger partial charge < -0.3 is 0 Å². The summed E-state index contributed by atoms with van der Waals surface area (Å²) in [5.74, 6) is 0. The molecule has 0 aliphatic carbocycles. The van der Waals surface area contributed by atoms with Crippen LogP contribution in [0.4, 0.5) is 0 Å². The summed E-state index contributed by atoms with van der Waals surface area (Å²) in [6.45, 7) is 6.59. The lowest BCUT2D eigenvalue weighted by atomic mass is 10.2. The average molecular weight is 272 g/mol. The molecule has 1 heterocycles. The van der Waals surface area contributed by atoms with E-state index in [-0.39, 0.29) is 0 Å². The van der Waals surface area contributed by atoms with Crippen LogP contribution in [-0.4, -0.2) is 4.98 Å². The molecule has 86 valence electrons. The fourth-order valence-electron chi connectivity index (χ4n) is 1.16. The zero-order valence-electron chi connectivity index (χ0n) is 10.1. The SMILES string of the molecule is CCCCCC.CCc1ccnc(Br)c1. The second-order valence-corrected chi connectivity index (χ2v) is 4.36. The summed E-state index contributed by atoms with van der Waals surface area (Å²) >= 11 is 3.29. The van der Waals surface area contributed by atoms with Gasteiger partial charge in [-0.1, -0.05) is 46.5 Å². The third kappa shape index (κ3) is 8.61. The van der Waals surface area contributed by atoms with Gasteiger partial charge in [-0.05, 0) is 40.0 Å². The van der Waals surface area contributed by atoms with E-state index >= 15 is 0 Å². The minimum atomic E-state index is 0.918. The molecular weight excluding hydrogens is 250 g/mol. The molecule has 0 saturated carbocycles. The Balaban J connectivity index is 0.000000288. The Morgan fingerprint density at radius 1 is 1.13 bits per heavy atom. The maximum Gasteiger partial charge on any atom is 0.106 e. The number of hydrogen-bond donors (Lipinski definition) is 0. The number of rotatable bonds is 4. The molecule has 0 aliphatic rings. The van der Waals surface area contributed by atoms with Gasteiger partial charge in [0.2, 0.25) is 0 Å². The molecule has 0 unspecified atom stereocenters. The van der Waals surface area contributed by atoms with Crippen molar-refractivity contribution in [1.29, 1.82) is 0 Å². The maximum absolute atomic E-state index is 4.00. The molecule has 2 heteroatoms. The van der Waals surface area contributed by atoms with Crippen molar-refractivity contribution in [3.05, 3.63) is 28.5 Å². The first-order chi connectivity index (χ1) is 7.24. The van der Waals surface area contributed by atoms with E-state index in [0.29, 0.717) is 0 Å². The molecule has 0 spiro atoms. The molecule has 0 atom stereocenters. The van der Waals surface area contributed by atoms with Gasteiger partial charge in [0.15, 0.2) is 0 Å². The molecule has 0 fully saturated rings. The van der Waals surface area contributed by atoms with Crippen LogP contribution >= 0.6 is 15.9 Å². The minimum Gasteiger partial charge on any atom is -0.249 e. The summed E-state index contributed by atoms with van der Waals surface area (Å²) in [5.41, 5.74) is 1.32. The maximum atomic E-state index is 4.00. The normalized spacial score (nSPS) is 9.33. The predicted octanol–water partition coefficient (Wildman–Crippen LogP) is 4.99.